The minimum Gasteiger partial charge on any atom is -0.497 e. The van der Waals surface area contributed by atoms with Crippen molar-refractivity contribution in [2.75, 3.05) is 19.0 Å². The molecule has 0 aliphatic rings. The second-order valence-corrected chi connectivity index (χ2v) is 6.30. The molecule has 1 atom stereocenters. The van der Waals surface area contributed by atoms with Gasteiger partial charge in [0.1, 0.15) is 11.6 Å². The molecule has 2 aromatic rings. The number of anilines is 1. The molecule has 0 saturated heterocycles. The lowest BCUT2D eigenvalue weighted by atomic mass is 10.0. The smallest absolute Gasteiger partial charge is 0.319 e. The molecular weight excluding hydrogens is 386 g/mol. The number of urea groups is 1. The maximum Gasteiger partial charge on any atom is 0.319 e. The average Bonchev–Trinajstić information content (AvgIpc) is 2.74. The second-order valence-electron chi connectivity index (χ2n) is 6.30. The van der Waals surface area contributed by atoms with Gasteiger partial charge in [0, 0.05) is 5.69 Å². The first-order valence-corrected chi connectivity index (χ1v) is 9.13. The van der Waals surface area contributed by atoms with E-state index >= 15 is 0 Å². The minimum absolute atomic E-state index is 0.0701. The van der Waals surface area contributed by atoms with Crippen molar-refractivity contribution in [2.24, 2.45) is 10.7 Å². The second kappa shape index (κ2) is 11.2. The fraction of sp³-hybridized carbons (Fsp3) is 0.238. The zero-order chi connectivity index (χ0) is 21.9. The normalized spacial score (nSPS) is 11.8. The Morgan fingerprint density at radius 1 is 1.20 bits per heavy atom. The quantitative estimate of drug-likeness (QED) is 0.384. The number of amides is 3. The van der Waals surface area contributed by atoms with E-state index in [0.29, 0.717) is 17.0 Å². The molecule has 0 aliphatic carbocycles. The summed E-state index contributed by atoms with van der Waals surface area (Å²) in [5.41, 5.74) is 7.77. The van der Waals surface area contributed by atoms with Crippen LogP contribution in [0, 0.1) is 11.3 Å². The van der Waals surface area contributed by atoms with Crippen molar-refractivity contribution in [3.05, 3.63) is 59.7 Å². The van der Waals surface area contributed by atoms with Gasteiger partial charge in [-0.3, -0.25) is 4.79 Å². The highest BCUT2D eigenvalue weighted by atomic mass is 16.5. The molecule has 0 heterocycles. The molecule has 0 aromatic heterocycles. The molecule has 9 heteroatoms. The molecule has 0 spiro atoms. The first-order chi connectivity index (χ1) is 14.4. The van der Waals surface area contributed by atoms with Crippen LogP contribution in [0.15, 0.2) is 53.5 Å². The summed E-state index contributed by atoms with van der Waals surface area (Å²) in [6, 6.07) is 14.2. The number of benzene rings is 2. The van der Waals surface area contributed by atoms with Crippen LogP contribution in [0.4, 0.5) is 10.5 Å². The molecule has 9 nitrogen and oxygen atoms in total. The lowest BCUT2D eigenvalue weighted by molar-refractivity contribution is -0.118. The van der Waals surface area contributed by atoms with Crippen molar-refractivity contribution >= 4 is 23.5 Å². The standard InChI is InChI=1S/C21H23N5O4/c1-30-17-8-4-14(5-9-17)12-18(20(23)26-19(28)10-11-27)25-21(29)24-16-6-2-15(13-22)3-7-16/h2-9,18,27H,10-12H2,1H3,(H2,23,26,28)(H2,24,25,29)/t18-/m0/s1. The summed E-state index contributed by atoms with van der Waals surface area (Å²) in [5.74, 6) is 0.0323. The van der Waals surface area contributed by atoms with E-state index in [-0.39, 0.29) is 25.3 Å². The Kier molecular flexibility index (Phi) is 8.35. The van der Waals surface area contributed by atoms with Crippen LogP contribution in [0.1, 0.15) is 17.5 Å². The third kappa shape index (κ3) is 6.92. The van der Waals surface area contributed by atoms with Gasteiger partial charge in [-0.2, -0.15) is 10.3 Å². The van der Waals surface area contributed by atoms with Gasteiger partial charge in [-0.25, -0.2) is 4.79 Å². The lowest BCUT2D eigenvalue weighted by Crippen LogP contribution is -2.48. The Bertz CT molecular complexity index is 933. The third-order valence-corrected chi connectivity index (χ3v) is 4.11. The number of hydrogen-bond donors (Lipinski definition) is 4. The molecule has 2 rings (SSSR count). The summed E-state index contributed by atoms with van der Waals surface area (Å²) in [6.07, 6.45) is 0.125. The van der Waals surface area contributed by atoms with Crippen molar-refractivity contribution in [1.29, 1.82) is 5.26 Å². The number of nitrogens with one attached hydrogen (secondary N) is 2. The summed E-state index contributed by atoms with van der Waals surface area (Å²) >= 11 is 0. The molecular formula is C21H23N5O4. The number of hydrogen-bond acceptors (Lipinski definition) is 5. The molecule has 0 bridgehead atoms. The fourth-order valence-electron chi connectivity index (χ4n) is 2.55. The van der Waals surface area contributed by atoms with E-state index < -0.39 is 18.0 Å². The van der Waals surface area contributed by atoms with Crippen LogP contribution in [0.3, 0.4) is 0 Å². The first-order valence-electron chi connectivity index (χ1n) is 9.13. The molecule has 0 saturated carbocycles. The zero-order valence-corrected chi connectivity index (χ0v) is 16.5. The summed E-state index contributed by atoms with van der Waals surface area (Å²) < 4.78 is 5.13. The van der Waals surface area contributed by atoms with Gasteiger partial charge in [0.25, 0.3) is 0 Å². The number of nitrogens with zero attached hydrogens (tertiary/aromatic N) is 2. The highest BCUT2D eigenvalue weighted by Gasteiger charge is 2.18. The topological polar surface area (TPSA) is 150 Å². The van der Waals surface area contributed by atoms with Crippen molar-refractivity contribution in [3.8, 4) is 11.8 Å². The number of ether oxygens (including phenoxy) is 1. The van der Waals surface area contributed by atoms with E-state index in [1.165, 1.54) is 0 Å². The van der Waals surface area contributed by atoms with Crippen LogP contribution >= 0.6 is 0 Å². The van der Waals surface area contributed by atoms with Gasteiger partial charge in [0.2, 0.25) is 5.91 Å². The minimum atomic E-state index is -0.764. The number of aliphatic hydroxyl groups excluding tert-OH is 1. The predicted octanol–water partition coefficient (Wildman–Crippen LogP) is 1.57. The summed E-state index contributed by atoms with van der Waals surface area (Å²) in [4.78, 5) is 27.9. The zero-order valence-electron chi connectivity index (χ0n) is 16.5. The van der Waals surface area contributed by atoms with Crippen LogP contribution in [0.5, 0.6) is 5.75 Å². The van der Waals surface area contributed by atoms with Crippen molar-refractivity contribution in [3.63, 3.8) is 0 Å². The van der Waals surface area contributed by atoms with Crippen LogP contribution in [0.25, 0.3) is 0 Å². The maximum atomic E-state index is 12.4. The number of rotatable bonds is 8. The van der Waals surface area contributed by atoms with E-state index in [0.717, 1.165) is 5.56 Å². The Morgan fingerprint density at radius 2 is 1.87 bits per heavy atom. The van der Waals surface area contributed by atoms with Gasteiger partial charge in [-0.05, 0) is 48.4 Å². The van der Waals surface area contributed by atoms with Crippen molar-refractivity contribution < 1.29 is 19.4 Å². The Morgan fingerprint density at radius 3 is 2.43 bits per heavy atom. The van der Waals surface area contributed by atoms with Crippen LogP contribution in [0.2, 0.25) is 0 Å². The summed E-state index contributed by atoms with van der Waals surface area (Å²) in [7, 11) is 1.56. The number of aliphatic hydroxyl groups is 1. The van der Waals surface area contributed by atoms with E-state index in [4.69, 9.17) is 20.8 Å². The molecule has 30 heavy (non-hydrogen) atoms. The predicted molar refractivity (Wildman–Crippen MR) is 112 cm³/mol. The van der Waals surface area contributed by atoms with E-state index in [1.807, 2.05) is 18.2 Å². The van der Waals surface area contributed by atoms with Crippen molar-refractivity contribution in [2.45, 2.75) is 18.9 Å². The highest BCUT2D eigenvalue weighted by molar-refractivity contribution is 5.99. The average molecular weight is 409 g/mol. The number of aliphatic imine (C=N–C) groups is 1. The van der Waals surface area contributed by atoms with E-state index in [1.54, 1.807) is 43.5 Å². The SMILES string of the molecule is COc1ccc(C[C@H](NC(=O)Nc2ccc(C#N)cc2)/C(N)=N/C(=O)CCO)cc1. The highest BCUT2D eigenvalue weighted by Crippen LogP contribution is 2.13. The van der Waals surface area contributed by atoms with Crippen LogP contribution in [-0.4, -0.2) is 42.6 Å². The molecule has 0 fully saturated rings. The van der Waals surface area contributed by atoms with Gasteiger partial charge < -0.3 is 26.2 Å². The first kappa shape index (κ1) is 22.4. The van der Waals surface area contributed by atoms with E-state index in [2.05, 4.69) is 15.6 Å². The van der Waals surface area contributed by atoms with Gasteiger partial charge in [0.05, 0.1) is 37.8 Å². The fourth-order valence-corrected chi connectivity index (χ4v) is 2.55. The largest absolute Gasteiger partial charge is 0.497 e. The summed E-state index contributed by atoms with van der Waals surface area (Å²) in [5, 5.41) is 23.1. The molecule has 156 valence electrons. The summed E-state index contributed by atoms with van der Waals surface area (Å²) in [6.45, 7) is -0.342. The Balaban J connectivity index is 2.14. The molecule has 0 radical (unpaired) electrons. The van der Waals surface area contributed by atoms with Crippen LogP contribution in [-0.2, 0) is 11.2 Å². The molecule has 5 N–H and O–H groups in total. The third-order valence-electron chi connectivity index (χ3n) is 4.11. The molecule has 0 unspecified atom stereocenters. The van der Waals surface area contributed by atoms with Crippen LogP contribution < -0.4 is 21.1 Å². The number of methoxy groups -OCH3 is 1. The maximum absolute atomic E-state index is 12.4. The Labute approximate surface area is 174 Å². The number of carbonyl (C=O) groups excluding carboxylic acids is 2. The monoisotopic (exact) mass is 409 g/mol. The van der Waals surface area contributed by atoms with Crippen molar-refractivity contribution in [1.82, 2.24) is 5.32 Å². The number of nitriles is 1. The lowest BCUT2D eigenvalue weighted by Gasteiger charge is -2.19. The van der Waals surface area contributed by atoms with Gasteiger partial charge >= 0.3 is 6.03 Å². The van der Waals surface area contributed by atoms with Gasteiger partial charge in [0.15, 0.2) is 0 Å². The number of nitrogens with two attached hydrogens (primary N) is 1. The van der Waals surface area contributed by atoms with Gasteiger partial charge in [-0.1, -0.05) is 12.1 Å². The molecule has 3 amide bonds. The Hall–Kier alpha value is -3.90. The number of amidine groups is 1. The molecule has 2 aromatic carbocycles. The van der Waals surface area contributed by atoms with E-state index in [9.17, 15) is 9.59 Å². The molecule has 0 aliphatic heterocycles. The number of carbonyl (C=O) groups is 2. The van der Waals surface area contributed by atoms with Gasteiger partial charge in [-0.15, -0.1) is 0 Å².